The number of carboxylic acid groups (broad SMARTS) is 1. The van der Waals surface area contributed by atoms with Crippen molar-refractivity contribution in [1.82, 2.24) is 5.32 Å². The molecule has 0 spiro atoms. The molecule has 19 heavy (non-hydrogen) atoms. The molecule has 3 heteroatoms. The van der Waals surface area contributed by atoms with Gasteiger partial charge in [0.2, 0.25) is 0 Å². The number of aliphatic carboxylic acids is 1. The molecule has 2 aliphatic rings. The van der Waals surface area contributed by atoms with E-state index in [0.717, 1.165) is 38.5 Å². The van der Waals surface area contributed by atoms with Gasteiger partial charge in [0, 0.05) is 6.04 Å². The molecule has 0 atom stereocenters. The Balaban J connectivity index is 1.97. The molecule has 0 aromatic rings. The molecule has 0 radical (unpaired) electrons. The second kappa shape index (κ2) is 6.25. The smallest absolute Gasteiger partial charge is 0.323 e. The van der Waals surface area contributed by atoms with E-state index in [0.29, 0.717) is 17.9 Å². The molecular formula is C16H29NO2. The van der Waals surface area contributed by atoms with Crippen molar-refractivity contribution in [3.63, 3.8) is 0 Å². The Bertz CT molecular complexity index is 300. The first kappa shape index (κ1) is 14.8. The van der Waals surface area contributed by atoms with Crippen LogP contribution >= 0.6 is 0 Å². The summed E-state index contributed by atoms with van der Waals surface area (Å²) in [6.45, 7) is 4.51. The fourth-order valence-corrected chi connectivity index (χ4v) is 3.86. The minimum Gasteiger partial charge on any atom is -0.480 e. The third-order valence-corrected chi connectivity index (χ3v) is 5.32. The molecule has 2 aliphatic carbocycles. The summed E-state index contributed by atoms with van der Waals surface area (Å²) in [5.41, 5.74) is -0.632. The fourth-order valence-electron chi connectivity index (χ4n) is 3.86. The van der Waals surface area contributed by atoms with E-state index in [1.54, 1.807) is 0 Å². The van der Waals surface area contributed by atoms with Crippen LogP contribution in [0, 0.1) is 11.8 Å². The van der Waals surface area contributed by atoms with Gasteiger partial charge in [0.05, 0.1) is 0 Å². The Labute approximate surface area is 117 Å². The van der Waals surface area contributed by atoms with Crippen molar-refractivity contribution in [1.29, 1.82) is 0 Å². The number of hydrogen-bond acceptors (Lipinski definition) is 2. The average Bonchev–Trinajstić information content (AvgIpc) is 2.40. The van der Waals surface area contributed by atoms with E-state index in [-0.39, 0.29) is 0 Å². The van der Waals surface area contributed by atoms with Crippen molar-refractivity contribution in [3.8, 4) is 0 Å². The predicted molar refractivity (Wildman–Crippen MR) is 77.2 cm³/mol. The van der Waals surface area contributed by atoms with Gasteiger partial charge in [0.1, 0.15) is 5.54 Å². The third kappa shape index (κ3) is 3.50. The zero-order chi connectivity index (χ0) is 13.9. The average molecular weight is 267 g/mol. The fraction of sp³-hybridized carbons (Fsp3) is 0.938. The van der Waals surface area contributed by atoms with Gasteiger partial charge in [-0.1, -0.05) is 33.1 Å². The van der Waals surface area contributed by atoms with Crippen molar-refractivity contribution < 1.29 is 9.90 Å². The summed E-state index contributed by atoms with van der Waals surface area (Å²) in [5, 5.41) is 13.2. The lowest BCUT2D eigenvalue weighted by atomic mass is 9.72. The third-order valence-electron chi connectivity index (χ3n) is 5.32. The topological polar surface area (TPSA) is 49.3 Å². The Hall–Kier alpha value is -0.570. The number of carbonyl (C=O) groups is 1. The van der Waals surface area contributed by atoms with Crippen LogP contribution < -0.4 is 5.32 Å². The molecule has 0 bridgehead atoms. The van der Waals surface area contributed by atoms with Crippen molar-refractivity contribution in [2.45, 2.75) is 83.2 Å². The lowest BCUT2D eigenvalue weighted by Crippen LogP contribution is -2.58. The summed E-state index contributed by atoms with van der Waals surface area (Å²) < 4.78 is 0. The summed E-state index contributed by atoms with van der Waals surface area (Å²) >= 11 is 0. The van der Waals surface area contributed by atoms with E-state index < -0.39 is 11.5 Å². The van der Waals surface area contributed by atoms with Crippen LogP contribution in [-0.2, 0) is 4.79 Å². The number of nitrogens with one attached hydrogen (secondary N) is 1. The summed E-state index contributed by atoms with van der Waals surface area (Å²) in [5.74, 6) is 0.766. The largest absolute Gasteiger partial charge is 0.480 e. The molecule has 2 saturated carbocycles. The summed E-state index contributed by atoms with van der Waals surface area (Å²) in [4.78, 5) is 11.8. The maximum Gasteiger partial charge on any atom is 0.323 e. The van der Waals surface area contributed by atoms with Crippen LogP contribution in [0.3, 0.4) is 0 Å². The van der Waals surface area contributed by atoms with Gasteiger partial charge in [-0.2, -0.15) is 0 Å². The maximum absolute atomic E-state index is 11.8. The molecule has 2 N–H and O–H groups in total. The Kier molecular flexibility index (Phi) is 4.88. The second-order valence-electron chi connectivity index (χ2n) is 6.95. The quantitative estimate of drug-likeness (QED) is 0.818. The molecule has 0 aromatic heterocycles. The number of carboxylic acids is 1. The van der Waals surface area contributed by atoms with Gasteiger partial charge in [-0.25, -0.2) is 0 Å². The molecule has 0 aliphatic heterocycles. The molecule has 0 amide bonds. The van der Waals surface area contributed by atoms with Gasteiger partial charge in [0.15, 0.2) is 0 Å². The Morgan fingerprint density at radius 2 is 1.68 bits per heavy atom. The number of hydrogen-bond donors (Lipinski definition) is 2. The molecule has 0 unspecified atom stereocenters. The molecular weight excluding hydrogens is 238 g/mol. The second-order valence-corrected chi connectivity index (χ2v) is 6.95. The lowest BCUT2D eigenvalue weighted by molar-refractivity contribution is -0.147. The van der Waals surface area contributed by atoms with Crippen LogP contribution in [-0.4, -0.2) is 22.7 Å². The molecule has 2 rings (SSSR count). The normalized spacial score (nSPS) is 33.5. The highest BCUT2D eigenvalue weighted by molar-refractivity contribution is 5.79. The van der Waals surface area contributed by atoms with E-state index in [2.05, 4.69) is 19.2 Å². The van der Waals surface area contributed by atoms with E-state index in [9.17, 15) is 9.90 Å². The van der Waals surface area contributed by atoms with Gasteiger partial charge in [-0.3, -0.25) is 10.1 Å². The van der Waals surface area contributed by atoms with Crippen molar-refractivity contribution in [3.05, 3.63) is 0 Å². The minimum absolute atomic E-state index is 0.431. The lowest BCUT2D eigenvalue weighted by Gasteiger charge is -2.42. The highest BCUT2D eigenvalue weighted by atomic mass is 16.4. The van der Waals surface area contributed by atoms with E-state index in [1.165, 1.54) is 19.3 Å². The standard InChI is InChI=1S/C16H29NO2/c1-12(2)13-8-10-16(11-9-13,15(18)19)17-14-6-4-3-5-7-14/h12-14,17H,3-11H2,1-2H3,(H,18,19). The van der Waals surface area contributed by atoms with Gasteiger partial charge in [0.25, 0.3) is 0 Å². The molecule has 0 aromatic carbocycles. The van der Waals surface area contributed by atoms with Crippen LogP contribution in [0.1, 0.15) is 71.6 Å². The highest BCUT2D eigenvalue weighted by Gasteiger charge is 2.43. The molecule has 0 saturated heterocycles. The van der Waals surface area contributed by atoms with Gasteiger partial charge < -0.3 is 5.11 Å². The summed E-state index contributed by atoms with van der Waals surface area (Å²) in [7, 11) is 0. The van der Waals surface area contributed by atoms with Crippen LogP contribution in [0.25, 0.3) is 0 Å². The highest BCUT2D eigenvalue weighted by Crippen LogP contribution is 2.37. The molecule has 0 heterocycles. The van der Waals surface area contributed by atoms with Crippen LogP contribution in [0.4, 0.5) is 0 Å². The molecule has 3 nitrogen and oxygen atoms in total. The minimum atomic E-state index is -0.632. The van der Waals surface area contributed by atoms with Crippen LogP contribution in [0.5, 0.6) is 0 Å². The monoisotopic (exact) mass is 267 g/mol. The van der Waals surface area contributed by atoms with Gasteiger partial charge in [-0.15, -0.1) is 0 Å². The summed E-state index contributed by atoms with van der Waals surface area (Å²) in [6, 6.07) is 0.431. The van der Waals surface area contributed by atoms with Gasteiger partial charge >= 0.3 is 5.97 Å². The van der Waals surface area contributed by atoms with E-state index in [4.69, 9.17) is 0 Å². The predicted octanol–water partition coefficient (Wildman–Crippen LogP) is 3.58. The Morgan fingerprint density at radius 3 is 2.16 bits per heavy atom. The first-order valence-electron chi connectivity index (χ1n) is 8.04. The summed E-state index contributed by atoms with van der Waals surface area (Å²) in [6.07, 6.45) is 9.86. The molecule has 2 fully saturated rings. The molecule has 110 valence electrons. The van der Waals surface area contributed by atoms with Crippen molar-refractivity contribution in [2.75, 3.05) is 0 Å². The van der Waals surface area contributed by atoms with E-state index >= 15 is 0 Å². The SMILES string of the molecule is CC(C)C1CCC(NC2CCCCC2)(C(=O)O)CC1. The maximum atomic E-state index is 11.8. The van der Waals surface area contributed by atoms with E-state index in [1.807, 2.05) is 0 Å². The van der Waals surface area contributed by atoms with Crippen molar-refractivity contribution in [2.24, 2.45) is 11.8 Å². The zero-order valence-electron chi connectivity index (χ0n) is 12.5. The Morgan fingerprint density at radius 1 is 1.11 bits per heavy atom. The zero-order valence-corrected chi connectivity index (χ0v) is 12.5. The number of rotatable bonds is 4. The van der Waals surface area contributed by atoms with Crippen LogP contribution in [0.2, 0.25) is 0 Å². The van der Waals surface area contributed by atoms with Crippen molar-refractivity contribution >= 4 is 5.97 Å². The van der Waals surface area contributed by atoms with Crippen LogP contribution in [0.15, 0.2) is 0 Å². The first-order valence-corrected chi connectivity index (χ1v) is 8.04. The van der Waals surface area contributed by atoms with Gasteiger partial charge in [-0.05, 0) is 50.4 Å². The first-order chi connectivity index (χ1) is 9.03.